The van der Waals surface area contributed by atoms with Crippen molar-refractivity contribution in [3.8, 4) is 0 Å². The average Bonchev–Trinajstić information content (AvgIpc) is 3.04. The zero-order chi connectivity index (χ0) is 30.4. The molecule has 1 N–H and O–H groups in total. The number of rotatable bonds is 11. The van der Waals surface area contributed by atoms with Gasteiger partial charge in [0.05, 0.1) is 0 Å². The van der Waals surface area contributed by atoms with Gasteiger partial charge in [-0.1, -0.05) is 91.0 Å². The van der Waals surface area contributed by atoms with Crippen LogP contribution in [-0.4, -0.2) is 68.0 Å². The van der Waals surface area contributed by atoms with Crippen molar-refractivity contribution in [1.82, 2.24) is 0 Å². The minimum Gasteiger partial charge on any atom is -0.431 e. The fourth-order valence-electron chi connectivity index (χ4n) is 4.11. The summed E-state index contributed by atoms with van der Waals surface area (Å²) in [6, 6.07) is 26.7. The van der Waals surface area contributed by atoms with E-state index in [0.29, 0.717) is 11.1 Å². The lowest BCUT2D eigenvalue weighted by molar-refractivity contribution is -0.297. The van der Waals surface area contributed by atoms with E-state index in [9.17, 15) is 19.5 Å². The topological polar surface area (TPSA) is 145 Å². The number of carbonyl (C=O) groups excluding carboxylic acids is 3. The van der Waals surface area contributed by atoms with Gasteiger partial charge >= 0.3 is 18.5 Å². The molecular weight excluding hydrogens is 564 g/mol. The van der Waals surface area contributed by atoms with Gasteiger partial charge in [0.25, 0.3) is 0 Å². The van der Waals surface area contributed by atoms with Crippen LogP contribution in [0.3, 0.4) is 0 Å². The van der Waals surface area contributed by atoms with Crippen molar-refractivity contribution in [1.29, 1.82) is 0 Å². The molecule has 0 aliphatic carbocycles. The van der Waals surface area contributed by atoms with Crippen LogP contribution in [0, 0.1) is 0 Å². The average molecular weight is 597 g/mol. The second kappa shape index (κ2) is 16.1. The predicted octanol–water partition coefficient (Wildman–Crippen LogP) is 4.52. The van der Waals surface area contributed by atoms with E-state index in [4.69, 9.17) is 37.9 Å². The van der Waals surface area contributed by atoms with Gasteiger partial charge in [-0.15, -0.1) is 0 Å². The zero-order valence-electron chi connectivity index (χ0n) is 23.3. The first-order valence-electron chi connectivity index (χ1n) is 13.4. The second-order valence-corrected chi connectivity index (χ2v) is 9.32. The maximum atomic E-state index is 12.6. The number of aliphatic hydroxyl groups is 1. The third kappa shape index (κ3) is 9.70. The molecule has 3 aromatic rings. The van der Waals surface area contributed by atoms with Crippen LogP contribution in [0.5, 0.6) is 0 Å². The Morgan fingerprint density at radius 2 is 1.05 bits per heavy atom. The van der Waals surface area contributed by atoms with E-state index >= 15 is 0 Å². The lowest BCUT2D eigenvalue weighted by Gasteiger charge is -2.41. The Hall–Kier alpha value is -4.65. The SMILES string of the molecule is CO[C@H]1O[C@H](COC(=O)OCc2ccccc2)[C@H](O)[C@H](OC(=O)OCc2ccccc2)[C@H]1OC(=O)OCc1ccccc1. The molecule has 12 heteroatoms. The first-order chi connectivity index (χ1) is 20.9. The molecule has 5 atom stereocenters. The van der Waals surface area contributed by atoms with Crippen LogP contribution >= 0.6 is 0 Å². The van der Waals surface area contributed by atoms with Gasteiger partial charge in [0.1, 0.15) is 38.6 Å². The summed E-state index contributed by atoms with van der Waals surface area (Å²) in [7, 11) is 1.25. The minimum atomic E-state index is -1.65. The van der Waals surface area contributed by atoms with Crippen LogP contribution in [0.2, 0.25) is 0 Å². The van der Waals surface area contributed by atoms with Crippen LogP contribution in [-0.2, 0) is 57.7 Å². The van der Waals surface area contributed by atoms with Crippen molar-refractivity contribution >= 4 is 18.5 Å². The van der Waals surface area contributed by atoms with Gasteiger partial charge in [-0.2, -0.15) is 0 Å². The summed E-state index contributed by atoms with van der Waals surface area (Å²) in [6.07, 6.45) is -10.6. The van der Waals surface area contributed by atoms with E-state index in [-0.39, 0.29) is 19.8 Å². The summed E-state index contributed by atoms with van der Waals surface area (Å²) in [5.41, 5.74) is 2.14. The molecule has 0 saturated carbocycles. The lowest BCUT2D eigenvalue weighted by Crippen LogP contribution is -2.61. The highest BCUT2D eigenvalue weighted by Gasteiger charge is 2.51. The third-order valence-electron chi connectivity index (χ3n) is 6.28. The first kappa shape index (κ1) is 31.3. The lowest BCUT2D eigenvalue weighted by atomic mass is 9.99. The van der Waals surface area contributed by atoms with Gasteiger partial charge in [-0.3, -0.25) is 0 Å². The van der Waals surface area contributed by atoms with E-state index in [1.807, 2.05) is 18.2 Å². The molecule has 0 bridgehead atoms. The number of aliphatic hydroxyl groups excluding tert-OH is 1. The van der Waals surface area contributed by atoms with Gasteiger partial charge in [0.2, 0.25) is 0 Å². The van der Waals surface area contributed by atoms with Crippen LogP contribution in [0.1, 0.15) is 16.7 Å². The molecule has 43 heavy (non-hydrogen) atoms. The monoisotopic (exact) mass is 596 g/mol. The van der Waals surface area contributed by atoms with E-state index in [1.54, 1.807) is 72.8 Å². The molecule has 12 nitrogen and oxygen atoms in total. The number of ether oxygens (including phenoxy) is 8. The predicted molar refractivity (Wildman–Crippen MR) is 147 cm³/mol. The van der Waals surface area contributed by atoms with Crippen molar-refractivity contribution in [3.63, 3.8) is 0 Å². The van der Waals surface area contributed by atoms with E-state index in [1.165, 1.54) is 7.11 Å². The minimum absolute atomic E-state index is 0.0333. The highest BCUT2D eigenvalue weighted by molar-refractivity contribution is 5.62. The van der Waals surface area contributed by atoms with Gasteiger partial charge < -0.3 is 43.0 Å². The van der Waals surface area contributed by atoms with Gasteiger partial charge in [-0.05, 0) is 16.7 Å². The molecule has 0 aromatic heterocycles. The molecular formula is C31H32O12. The Morgan fingerprint density at radius 1 is 0.628 bits per heavy atom. The standard InChI is InChI=1S/C31H32O12/c1-36-28-27(43-31(35)39-19-23-15-9-4-10-16-23)26(42-30(34)38-18-22-13-7-3-8-14-22)25(32)24(41-28)20-40-29(33)37-17-21-11-5-2-6-12-21/h2-16,24-28,32H,17-20H2,1H3/t24-,25+,26+,27-,28+/m1/s1. The molecule has 228 valence electrons. The van der Waals surface area contributed by atoms with Crippen LogP contribution in [0.25, 0.3) is 0 Å². The Kier molecular flexibility index (Phi) is 11.7. The maximum Gasteiger partial charge on any atom is 0.509 e. The molecule has 1 fully saturated rings. The molecule has 1 heterocycles. The maximum absolute atomic E-state index is 12.6. The normalized spacial score (nSPS) is 21.2. The molecule has 0 radical (unpaired) electrons. The summed E-state index contributed by atoms with van der Waals surface area (Å²) < 4.78 is 42.4. The number of benzene rings is 3. The Labute approximate surface area is 247 Å². The highest BCUT2D eigenvalue weighted by atomic mass is 16.8. The quantitative estimate of drug-likeness (QED) is 0.245. The Balaban J connectivity index is 1.40. The summed E-state index contributed by atoms with van der Waals surface area (Å²) >= 11 is 0. The fourth-order valence-corrected chi connectivity index (χ4v) is 4.11. The Bertz CT molecular complexity index is 1290. The second-order valence-electron chi connectivity index (χ2n) is 9.32. The van der Waals surface area contributed by atoms with Crippen molar-refractivity contribution in [3.05, 3.63) is 108 Å². The number of hydrogen-bond acceptors (Lipinski definition) is 12. The summed E-state index contributed by atoms with van der Waals surface area (Å²) in [5.74, 6) is 0. The molecule has 0 spiro atoms. The van der Waals surface area contributed by atoms with Gasteiger partial charge in [-0.25, -0.2) is 14.4 Å². The summed E-state index contributed by atoms with van der Waals surface area (Å²) in [4.78, 5) is 37.4. The van der Waals surface area contributed by atoms with Gasteiger partial charge in [0, 0.05) is 7.11 Å². The molecule has 1 saturated heterocycles. The van der Waals surface area contributed by atoms with Crippen LogP contribution in [0.15, 0.2) is 91.0 Å². The third-order valence-corrected chi connectivity index (χ3v) is 6.28. The van der Waals surface area contributed by atoms with E-state index in [0.717, 1.165) is 5.56 Å². The van der Waals surface area contributed by atoms with Crippen molar-refractivity contribution < 1.29 is 57.4 Å². The zero-order valence-corrected chi connectivity index (χ0v) is 23.3. The molecule has 0 unspecified atom stereocenters. The summed E-state index contributed by atoms with van der Waals surface area (Å²) in [6.45, 7) is -0.746. The first-order valence-corrected chi connectivity index (χ1v) is 13.4. The Morgan fingerprint density at radius 3 is 1.49 bits per heavy atom. The number of hydrogen-bond donors (Lipinski definition) is 1. The molecule has 1 aliphatic rings. The van der Waals surface area contributed by atoms with Gasteiger partial charge in [0.15, 0.2) is 18.5 Å². The molecule has 3 aromatic carbocycles. The van der Waals surface area contributed by atoms with Crippen molar-refractivity contribution in [2.45, 2.75) is 50.5 Å². The van der Waals surface area contributed by atoms with Crippen molar-refractivity contribution in [2.24, 2.45) is 0 Å². The molecule has 0 amide bonds. The summed E-state index contributed by atoms with van der Waals surface area (Å²) in [5, 5.41) is 11.1. The smallest absolute Gasteiger partial charge is 0.431 e. The highest BCUT2D eigenvalue weighted by Crippen LogP contribution is 2.28. The van der Waals surface area contributed by atoms with Crippen LogP contribution < -0.4 is 0 Å². The molecule has 4 rings (SSSR count). The number of methoxy groups -OCH3 is 1. The van der Waals surface area contributed by atoms with E-state index in [2.05, 4.69) is 0 Å². The van der Waals surface area contributed by atoms with E-state index < -0.39 is 55.8 Å². The fraction of sp³-hybridized carbons (Fsp3) is 0.323. The van der Waals surface area contributed by atoms with Crippen molar-refractivity contribution in [2.75, 3.05) is 13.7 Å². The molecule has 1 aliphatic heterocycles. The van der Waals surface area contributed by atoms with Crippen LogP contribution in [0.4, 0.5) is 14.4 Å². The number of carbonyl (C=O) groups is 3. The largest absolute Gasteiger partial charge is 0.509 e.